The van der Waals surface area contributed by atoms with Crippen LogP contribution in [-0.4, -0.2) is 11.8 Å². The summed E-state index contributed by atoms with van der Waals surface area (Å²) >= 11 is 0. The number of anilines is 1. The second-order valence-electron chi connectivity index (χ2n) is 6.71. The van der Waals surface area contributed by atoms with Crippen LogP contribution in [0.4, 0.5) is 5.69 Å². The van der Waals surface area contributed by atoms with Crippen LogP contribution < -0.4 is 10.4 Å². The number of benzene rings is 1. The Morgan fingerprint density at radius 2 is 1.67 bits per heavy atom. The van der Waals surface area contributed by atoms with Gasteiger partial charge in [-0.15, -0.1) is 0 Å². The fraction of sp³-hybridized carbons (Fsp3) is 0.412. The molecule has 4 heteroatoms. The van der Waals surface area contributed by atoms with Crippen molar-refractivity contribution in [1.29, 1.82) is 0 Å². The van der Waals surface area contributed by atoms with Gasteiger partial charge in [-0.25, -0.2) is 5.01 Å². The van der Waals surface area contributed by atoms with Crippen LogP contribution >= 0.6 is 0 Å². The first kappa shape index (κ1) is 11.5. The zero-order valence-electron chi connectivity index (χ0n) is 11.5. The number of hydrogen-bond donors (Lipinski definition) is 1. The number of nitrogens with one attached hydrogen (secondary N) is 1. The molecule has 1 N–H and O–H groups in total. The lowest BCUT2D eigenvalue weighted by Gasteiger charge is -2.37. The molecule has 5 rings (SSSR count). The highest BCUT2D eigenvalue weighted by atomic mass is 16.2. The van der Waals surface area contributed by atoms with E-state index in [9.17, 15) is 9.59 Å². The molecule has 3 aliphatic carbocycles. The van der Waals surface area contributed by atoms with Crippen LogP contribution in [0.1, 0.15) is 12.8 Å². The van der Waals surface area contributed by atoms with Gasteiger partial charge in [0.25, 0.3) is 0 Å². The van der Waals surface area contributed by atoms with Gasteiger partial charge < -0.3 is 0 Å². The largest absolute Gasteiger partial charge is 0.273 e. The Morgan fingerprint density at radius 3 is 2.33 bits per heavy atom. The van der Waals surface area contributed by atoms with Gasteiger partial charge >= 0.3 is 0 Å². The van der Waals surface area contributed by atoms with Crippen molar-refractivity contribution >= 4 is 17.5 Å². The average Bonchev–Trinajstić information content (AvgIpc) is 3.17. The van der Waals surface area contributed by atoms with Crippen LogP contribution in [0.2, 0.25) is 0 Å². The van der Waals surface area contributed by atoms with Gasteiger partial charge in [-0.05, 0) is 42.2 Å². The van der Waals surface area contributed by atoms with E-state index in [0.717, 1.165) is 18.5 Å². The number of amides is 2. The molecular weight excluding hydrogens is 264 g/mol. The van der Waals surface area contributed by atoms with E-state index in [2.05, 4.69) is 17.6 Å². The Balaban J connectivity index is 1.57. The summed E-state index contributed by atoms with van der Waals surface area (Å²) in [6.45, 7) is 0. The third-order valence-electron chi connectivity index (χ3n) is 5.89. The molecule has 4 nitrogen and oxygen atoms in total. The molecule has 1 aromatic carbocycles. The van der Waals surface area contributed by atoms with E-state index in [0.29, 0.717) is 0 Å². The fourth-order valence-electron chi connectivity index (χ4n) is 4.85. The van der Waals surface area contributed by atoms with Gasteiger partial charge in [-0.2, -0.15) is 0 Å². The van der Waals surface area contributed by atoms with Crippen LogP contribution in [-0.2, 0) is 9.59 Å². The number of para-hydroxylation sites is 1. The number of rotatable bonds is 1. The van der Waals surface area contributed by atoms with Crippen LogP contribution in [0.5, 0.6) is 0 Å². The zero-order chi connectivity index (χ0) is 14.2. The zero-order valence-corrected chi connectivity index (χ0v) is 11.5. The molecule has 1 aromatic rings. The van der Waals surface area contributed by atoms with E-state index >= 15 is 0 Å². The predicted octanol–water partition coefficient (Wildman–Crippen LogP) is 1.89. The van der Waals surface area contributed by atoms with Crippen molar-refractivity contribution in [3.63, 3.8) is 0 Å². The molecule has 1 heterocycles. The maximum absolute atomic E-state index is 12.9. The summed E-state index contributed by atoms with van der Waals surface area (Å²) in [5.41, 5.74) is 3.79. The number of nitrogens with zero attached hydrogens (tertiary/aromatic N) is 1. The van der Waals surface area contributed by atoms with Gasteiger partial charge in [0, 0.05) is 0 Å². The Bertz CT molecular complexity index is 677. The monoisotopic (exact) mass is 280 g/mol. The molecule has 106 valence electrons. The molecule has 1 saturated heterocycles. The molecule has 2 saturated carbocycles. The molecule has 4 atom stereocenters. The summed E-state index contributed by atoms with van der Waals surface area (Å²) in [7, 11) is 0. The second-order valence-corrected chi connectivity index (χ2v) is 6.71. The highest BCUT2D eigenvalue weighted by molar-refractivity contribution is 6.05. The van der Waals surface area contributed by atoms with Crippen molar-refractivity contribution in [1.82, 2.24) is 5.43 Å². The molecule has 21 heavy (non-hydrogen) atoms. The average molecular weight is 280 g/mol. The molecule has 0 radical (unpaired) electrons. The first-order valence-electron chi connectivity index (χ1n) is 7.60. The van der Waals surface area contributed by atoms with Gasteiger partial charge in [-0.3, -0.25) is 15.0 Å². The first-order chi connectivity index (χ1) is 10.2. The van der Waals surface area contributed by atoms with Crippen molar-refractivity contribution in [2.45, 2.75) is 12.8 Å². The van der Waals surface area contributed by atoms with E-state index in [4.69, 9.17) is 0 Å². The topological polar surface area (TPSA) is 49.4 Å². The van der Waals surface area contributed by atoms with Gasteiger partial charge in [0.1, 0.15) is 0 Å². The van der Waals surface area contributed by atoms with E-state index in [-0.39, 0.29) is 40.9 Å². The lowest BCUT2D eigenvalue weighted by Crippen LogP contribution is -2.60. The van der Waals surface area contributed by atoms with E-state index in [1.807, 2.05) is 30.3 Å². The first-order valence-corrected chi connectivity index (χ1v) is 7.60. The minimum Gasteiger partial charge on any atom is -0.273 e. The molecule has 1 aliphatic heterocycles. The molecular formula is C17H16N2O2. The lowest BCUT2D eigenvalue weighted by molar-refractivity contribution is -0.140. The van der Waals surface area contributed by atoms with E-state index in [1.165, 1.54) is 5.01 Å². The highest BCUT2D eigenvalue weighted by Gasteiger charge is 2.71. The third-order valence-corrected chi connectivity index (χ3v) is 5.89. The molecule has 2 amide bonds. The number of fused-ring (bicyclic) bond motifs is 3. The molecule has 3 fully saturated rings. The summed E-state index contributed by atoms with van der Waals surface area (Å²) in [5.74, 6) is 0.263. The number of hydrogen-bond acceptors (Lipinski definition) is 2. The molecule has 0 unspecified atom stereocenters. The Morgan fingerprint density at radius 1 is 1.00 bits per heavy atom. The van der Waals surface area contributed by atoms with Crippen molar-refractivity contribution in [2.75, 3.05) is 5.01 Å². The minimum atomic E-state index is -0.170. The molecule has 0 aromatic heterocycles. The van der Waals surface area contributed by atoms with Crippen LogP contribution in [0.3, 0.4) is 0 Å². The van der Waals surface area contributed by atoms with Crippen LogP contribution in [0, 0.1) is 29.1 Å². The van der Waals surface area contributed by atoms with Crippen molar-refractivity contribution < 1.29 is 9.59 Å². The van der Waals surface area contributed by atoms with E-state index in [1.54, 1.807) is 0 Å². The normalized spacial score (nSPS) is 37.8. The summed E-state index contributed by atoms with van der Waals surface area (Å²) in [6.07, 6.45) is 6.70. The Kier molecular flexibility index (Phi) is 1.96. The smallest absolute Gasteiger partial charge is 0.250 e. The lowest BCUT2D eigenvalue weighted by atomic mass is 9.80. The van der Waals surface area contributed by atoms with Crippen molar-refractivity contribution in [2.24, 2.45) is 29.1 Å². The second kappa shape index (κ2) is 3.56. The van der Waals surface area contributed by atoms with Crippen LogP contribution in [0.25, 0.3) is 0 Å². The fourth-order valence-corrected chi connectivity index (χ4v) is 4.85. The van der Waals surface area contributed by atoms with Gasteiger partial charge in [0.15, 0.2) is 0 Å². The Hall–Kier alpha value is -2.10. The number of hydrazine groups is 1. The summed E-state index contributed by atoms with van der Waals surface area (Å²) < 4.78 is 0. The van der Waals surface area contributed by atoms with Crippen molar-refractivity contribution in [3.05, 3.63) is 42.5 Å². The standard InChI is InChI=1S/C17H16N2O2/c20-15-13-11-6-7-12(17(11)8-9-17)14(13)16(21)19(18-15)10-4-2-1-3-5-10/h1-7,11-14H,8-9H2,(H,18,20)/t11-,12-,13-,14+/m0/s1. The predicted molar refractivity (Wildman–Crippen MR) is 76.8 cm³/mol. The summed E-state index contributed by atoms with van der Waals surface area (Å²) in [6, 6.07) is 9.37. The number of carbonyl (C=O) groups excluding carboxylic acids is 2. The van der Waals surface area contributed by atoms with Gasteiger partial charge in [-0.1, -0.05) is 30.4 Å². The summed E-state index contributed by atoms with van der Waals surface area (Å²) in [4.78, 5) is 25.5. The minimum absolute atomic E-state index is 0.00609. The maximum Gasteiger partial charge on any atom is 0.250 e. The van der Waals surface area contributed by atoms with Crippen LogP contribution in [0.15, 0.2) is 42.5 Å². The quantitative estimate of drug-likeness (QED) is 0.799. The third kappa shape index (κ3) is 1.26. The number of allylic oxidation sites excluding steroid dienone is 2. The Labute approximate surface area is 122 Å². The molecule has 2 bridgehead atoms. The molecule has 1 spiro atoms. The van der Waals surface area contributed by atoms with Gasteiger partial charge in [0.05, 0.1) is 17.5 Å². The number of carbonyl (C=O) groups is 2. The SMILES string of the molecule is O=C1NN(c2ccccc2)C(=O)[C@H]2[C@@H]1[C@@H]1C=C[C@@H]2C12CC2. The van der Waals surface area contributed by atoms with Gasteiger partial charge in [0.2, 0.25) is 11.8 Å². The van der Waals surface area contributed by atoms with Crippen molar-refractivity contribution in [3.8, 4) is 0 Å². The van der Waals surface area contributed by atoms with E-state index < -0.39 is 0 Å². The summed E-state index contributed by atoms with van der Waals surface area (Å²) in [5, 5.41) is 1.45. The maximum atomic E-state index is 12.9. The molecule has 4 aliphatic rings. The highest BCUT2D eigenvalue weighted by Crippen LogP contribution is 2.72.